The minimum Gasteiger partial charge on any atom is -0.394 e. The van der Waals surface area contributed by atoms with E-state index in [0.29, 0.717) is 0 Å². The number of hydrogen-bond acceptors (Lipinski definition) is 3. The Labute approximate surface area is 148 Å². The first kappa shape index (κ1) is 16.4. The maximum atomic E-state index is 12.6. The molecule has 1 saturated carbocycles. The van der Waals surface area contributed by atoms with Crippen molar-refractivity contribution in [3.63, 3.8) is 0 Å². The molecule has 1 aliphatic heterocycles. The van der Waals surface area contributed by atoms with Crippen molar-refractivity contribution in [2.75, 3.05) is 6.61 Å². The molecule has 1 amide bonds. The molecule has 1 heterocycles. The van der Waals surface area contributed by atoms with E-state index in [9.17, 15) is 15.2 Å². The number of benzene rings is 1. The fourth-order valence-electron chi connectivity index (χ4n) is 4.43. The van der Waals surface area contributed by atoms with Crippen molar-refractivity contribution in [3.8, 4) is 6.07 Å². The summed E-state index contributed by atoms with van der Waals surface area (Å²) in [4.78, 5) is 14.2. The van der Waals surface area contributed by atoms with Gasteiger partial charge in [-0.15, -0.1) is 0 Å². The highest BCUT2D eigenvalue weighted by atomic mass is 16.3. The number of aliphatic hydroxyl groups excluding tert-OH is 1. The van der Waals surface area contributed by atoms with Gasteiger partial charge in [0.1, 0.15) is 6.04 Å². The van der Waals surface area contributed by atoms with Crippen LogP contribution in [0.15, 0.2) is 30.3 Å². The quantitative estimate of drug-likeness (QED) is 0.918. The maximum Gasteiger partial charge on any atom is 0.227 e. The van der Waals surface area contributed by atoms with Crippen LogP contribution >= 0.6 is 0 Å². The third-order valence-corrected chi connectivity index (χ3v) is 6.15. The first-order chi connectivity index (χ1) is 12.2. The molecule has 4 nitrogen and oxygen atoms in total. The van der Waals surface area contributed by atoms with E-state index >= 15 is 0 Å². The Morgan fingerprint density at radius 3 is 2.52 bits per heavy atom. The highest BCUT2D eigenvalue weighted by Crippen LogP contribution is 2.43. The van der Waals surface area contributed by atoms with Gasteiger partial charge in [0.2, 0.25) is 5.91 Å². The average molecular weight is 336 g/mol. The molecule has 1 N–H and O–H groups in total. The summed E-state index contributed by atoms with van der Waals surface area (Å²) < 4.78 is 0. The third-order valence-electron chi connectivity index (χ3n) is 6.15. The number of carbonyl (C=O) groups excluding carboxylic acids is 1. The Balaban J connectivity index is 1.54. The SMILES string of the molecule is N#C[C@H]1[C@H](c2ccc(C3=CCCC3)cc2)[C@H](CO)N1C(=O)C1CCC1. The second kappa shape index (κ2) is 6.65. The predicted molar refractivity (Wildman–Crippen MR) is 95.5 cm³/mol. The van der Waals surface area contributed by atoms with E-state index in [1.807, 2.05) is 0 Å². The predicted octanol–water partition coefficient (Wildman–Crippen LogP) is 3.23. The summed E-state index contributed by atoms with van der Waals surface area (Å²) in [5, 5.41) is 19.5. The second-order valence-corrected chi connectivity index (χ2v) is 7.47. The smallest absolute Gasteiger partial charge is 0.227 e. The lowest BCUT2D eigenvalue weighted by atomic mass is 9.73. The third kappa shape index (κ3) is 2.67. The molecule has 0 bridgehead atoms. The lowest BCUT2D eigenvalue weighted by Gasteiger charge is -2.53. The highest BCUT2D eigenvalue weighted by Gasteiger charge is 2.53. The normalized spacial score (nSPS) is 28.7. The van der Waals surface area contributed by atoms with E-state index in [2.05, 4.69) is 36.4 Å². The molecule has 4 heteroatoms. The maximum absolute atomic E-state index is 12.6. The van der Waals surface area contributed by atoms with Crippen molar-refractivity contribution in [1.29, 1.82) is 5.26 Å². The lowest BCUT2D eigenvalue weighted by molar-refractivity contribution is -0.154. The van der Waals surface area contributed by atoms with Crippen LogP contribution < -0.4 is 0 Å². The van der Waals surface area contributed by atoms with Crippen LogP contribution in [0, 0.1) is 17.2 Å². The number of carbonyl (C=O) groups is 1. The number of nitriles is 1. The van der Waals surface area contributed by atoms with Crippen LogP contribution in [0.3, 0.4) is 0 Å². The van der Waals surface area contributed by atoms with Gasteiger partial charge in [0, 0.05) is 11.8 Å². The number of allylic oxidation sites excluding steroid dienone is 2. The van der Waals surface area contributed by atoms with Gasteiger partial charge in [0.15, 0.2) is 0 Å². The zero-order valence-corrected chi connectivity index (χ0v) is 14.4. The molecular weight excluding hydrogens is 312 g/mol. The average Bonchev–Trinajstić information content (AvgIpc) is 3.08. The Hall–Kier alpha value is -2.12. The van der Waals surface area contributed by atoms with Crippen molar-refractivity contribution < 1.29 is 9.90 Å². The van der Waals surface area contributed by atoms with Gasteiger partial charge in [0.25, 0.3) is 0 Å². The molecule has 0 radical (unpaired) electrons. The Morgan fingerprint density at radius 2 is 2.00 bits per heavy atom. The minimum absolute atomic E-state index is 0.0563. The summed E-state index contributed by atoms with van der Waals surface area (Å²) in [6.07, 6.45) is 8.73. The van der Waals surface area contributed by atoms with Crippen molar-refractivity contribution in [2.45, 2.75) is 56.5 Å². The van der Waals surface area contributed by atoms with Crippen LogP contribution in [0.4, 0.5) is 0 Å². The summed E-state index contributed by atoms with van der Waals surface area (Å²) in [6, 6.07) is 9.94. The van der Waals surface area contributed by atoms with Crippen LogP contribution in [0.1, 0.15) is 55.6 Å². The van der Waals surface area contributed by atoms with Gasteiger partial charge in [-0.25, -0.2) is 0 Å². The van der Waals surface area contributed by atoms with E-state index < -0.39 is 6.04 Å². The van der Waals surface area contributed by atoms with Gasteiger partial charge in [-0.1, -0.05) is 36.8 Å². The largest absolute Gasteiger partial charge is 0.394 e. The van der Waals surface area contributed by atoms with Crippen LogP contribution in [-0.2, 0) is 4.79 Å². The highest BCUT2D eigenvalue weighted by molar-refractivity contribution is 5.82. The lowest BCUT2D eigenvalue weighted by Crippen LogP contribution is -2.66. The number of aliphatic hydroxyl groups is 1. The standard InChI is InChI=1S/C21H24N2O2/c22-12-18-20(19(13-24)23(18)21(25)17-6-3-7-17)16-10-8-15(9-11-16)14-4-1-2-5-14/h4,8-11,17-20,24H,1-3,5-7,13H2/t18-,19-,20-/m0/s1. The summed E-state index contributed by atoms with van der Waals surface area (Å²) in [7, 11) is 0. The fraction of sp³-hybridized carbons (Fsp3) is 0.524. The zero-order chi connectivity index (χ0) is 17.4. The van der Waals surface area contributed by atoms with Crippen LogP contribution in [-0.4, -0.2) is 34.6 Å². The molecule has 1 aromatic carbocycles. The van der Waals surface area contributed by atoms with Crippen LogP contribution in [0.25, 0.3) is 5.57 Å². The monoisotopic (exact) mass is 336 g/mol. The molecule has 25 heavy (non-hydrogen) atoms. The van der Waals surface area contributed by atoms with Crippen LogP contribution in [0.5, 0.6) is 0 Å². The summed E-state index contributed by atoms with van der Waals surface area (Å²) in [5.74, 6) is 0.0222. The van der Waals surface area contributed by atoms with E-state index in [-0.39, 0.29) is 30.4 Å². The molecule has 3 aliphatic rings. The van der Waals surface area contributed by atoms with Crippen molar-refractivity contribution in [2.24, 2.45) is 5.92 Å². The molecule has 0 aromatic heterocycles. The minimum atomic E-state index is -0.457. The van der Waals surface area contributed by atoms with Crippen molar-refractivity contribution in [3.05, 3.63) is 41.5 Å². The number of rotatable bonds is 4. The number of hydrogen-bond donors (Lipinski definition) is 1. The summed E-state index contributed by atoms with van der Waals surface area (Å²) >= 11 is 0. The van der Waals surface area contributed by atoms with E-state index in [4.69, 9.17) is 0 Å². The molecule has 2 fully saturated rings. The Morgan fingerprint density at radius 1 is 1.24 bits per heavy atom. The van der Waals surface area contributed by atoms with Gasteiger partial charge in [-0.05, 0) is 48.8 Å². The topological polar surface area (TPSA) is 64.3 Å². The zero-order valence-electron chi connectivity index (χ0n) is 14.4. The molecule has 0 unspecified atom stereocenters. The summed E-state index contributed by atoms with van der Waals surface area (Å²) in [6.45, 7) is -0.0891. The van der Waals surface area contributed by atoms with Gasteiger partial charge < -0.3 is 10.0 Å². The molecule has 1 aromatic rings. The van der Waals surface area contributed by atoms with Gasteiger partial charge >= 0.3 is 0 Å². The number of nitrogens with zero attached hydrogens (tertiary/aromatic N) is 2. The van der Waals surface area contributed by atoms with Crippen molar-refractivity contribution >= 4 is 11.5 Å². The molecule has 4 rings (SSSR count). The first-order valence-corrected chi connectivity index (χ1v) is 9.36. The fourth-order valence-corrected chi connectivity index (χ4v) is 4.43. The molecule has 3 atom stereocenters. The first-order valence-electron chi connectivity index (χ1n) is 9.36. The Kier molecular flexibility index (Phi) is 4.35. The molecular formula is C21H24N2O2. The van der Waals surface area contributed by atoms with E-state index in [0.717, 1.165) is 37.7 Å². The van der Waals surface area contributed by atoms with E-state index in [1.54, 1.807) is 4.90 Å². The van der Waals surface area contributed by atoms with Gasteiger partial charge in [0.05, 0.1) is 18.7 Å². The number of amides is 1. The summed E-state index contributed by atoms with van der Waals surface area (Å²) in [5.41, 5.74) is 3.69. The van der Waals surface area contributed by atoms with Crippen LogP contribution in [0.2, 0.25) is 0 Å². The van der Waals surface area contributed by atoms with Gasteiger partial charge in [-0.3, -0.25) is 4.79 Å². The van der Waals surface area contributed by atoms with Crippen molar-refractivity contribution in [1.82, 2.24) is 4.90 Å². The molecule has 130 valence electrons. The van der Waals surface area contributed by atoms with Gasteiger partial charge in [-0.2, -0.15) is 5.26 Å². The van der Waals surface area contributed by atoms with E-state index in [1.165, 1.54) is 17.6 Å². The number of likely N-dealkylation sites (tertiary alicyclic amines) is 1. The second-order valence-electron chi connectivity index (χ2n) is 7.47. The Bertz CT molecular complexity index is 727. The molecule has 1 saturated heterocycles. The molecule has 2 aliphatic carbocycles. The molecule has 0 spiro atoms.